The van der Waals surface area contributed by atoms with Gasteiger partial charge < -0.3 is 10.1 Å². The van der Waals surface area contributed by atoms with Crippen molar-refractivity contribution in [3.8, 4) is 0 Å². The number of morpholine rings is 1. The highest BCUT2D eigenvalue weighted by Gasteiger charge is 2.15. The van der Waals surface area contributed by atoms with E-state index in [2.05, 4.69) is 20.3 Å². The number of rotatable bonds is 6. The molecule has 0 saturated carbocycles. The zero-order valence-corrected chi connectivity index (χ0v) is 11.3. The molecular formula is C12H21N5O2. The highest BCUT2D eigenvalue weighted by atomic mass is 16.5. The fraction of sp³-hybridized carbons (Fsp3) is 0.750. The molecule has 0 aliphatic carbocycles. The molecule has 2 rings (SSSR count). The Balaban J connectivity index is 1.63. The quantitative estimate of drug-likeness (QED) is 0.752. The number of carbonyl (C=O) groups is 1. The zero-order chi connectivity index (χ0) is 13.5. The highest BCUT2D eigenvalue weighted by Crippen LogP contribution is 1.99. The maximum atomic E-state index is 11.8. The van der Waals surface area contributed by atoms with Crippen LogP contribution in [-0.2, 0) is 16.1 Å². The number of amides is 1. The number of nitrogens with one attached hydrogen (secondary N) is 1. The van der Waals surface area contributed by atoms with Crippen LogP contribution < -0.4 is 5.32 Å². The topological polar surface area (TPSA) is 72.3 Å². The summed E-state index contributed by atoms with van der Waals surface area (Å²) in [6.45, 7) is 6.93. The van der Waals surface area contributed by atoms with E-state index < -0.39 is 0 Å². The smallest absolute Gasteiger partial charge is 0.222 e. The number of carbonyl (C=O) groups excluding carboxylic acids is 1. The molecular weight excluding hydrogens is 246 g/mol. The lowest BCUT2D eigenvalue weighted by Crippen LogP contribution is -2.46. The monoisotopic (exact) mass is 267 g/mol. The molecule has 7 heteroatoms. The van der Waals surface area contributed by atoms with Crippen LogP contribution in [0.1, 0.15) is 13.3 Å². The van der Waals surface area contributed by atoms with Crippen LogP contribution in [0.4, 0.5) is 0 Å². The molecule has 1 unspecified atom stereocenters. The van der Waals surface area contributed by atoms with Gasteiger partial charge >= 0.3 is 0 Å². The maximum Gasteiger partial charge on any atom is 0.222 e. The summed E-state index contributed by atoms with van der Waals surface area (Å²) in [6.07, 6.45) is 3.51. The summed E-state index contributed by atoms with van der Waals surface area (Å²) >= 11 is 0. The van der Waals surface area contributed by atoms with Gasteiger partial charge in [-0.1, -0.05) is 0 Å². The second-order valence-electron chi connectivity index (χ2n) is 4.79. The molecule has 1 amide bonds. The SMILES string of the molecule is CC(CN1CCOCC1)NC(=O)CCn1cncn1. The van der Waals surface area contributed by atoms with Crippen LogP contribution in [0.15, 0.2) is 12.7 Å². The van der Waals surface area contributed by atoms with Crippen LogP contribution in [0, 0.1) is 0 Å². The molecule has 106 valence electrons. The molecule has 1 atom stereocenters. The van der Waals surface area contributed by atoms with Crippen molar-refractivity contribution in [1.82, 2.24) is 25.0 Å². The molecule has 1 aromatic heterocycles. The summed E-state index contributed by atoms with van der Waals surface area (Å²) in [5.74, 6) is 0.0521. The lowest BCUT2D eigenvalue weighted by atomic mass is 10.2. The first-order valence-electron chi connectivity index (χ1n) is 6.66. The molecule has 1 saturated heterocycles. The Morgan fingerprint density at radius 2 is 2.26 bits per heavy atom. The van der Waals surface area contributed by atoms with Crippen molar-refractivity contribution in [2.75, 3.05) is 32.8 Å². The van der Waals surface area contributed by atoms with Crippen LogP contribution in [0.2, 0.25) is 0 Å². The largest absolute Gasteiger partial charge is 0.379 e. The average Bonchev–Trinajstić information content (AvgIpc) is 2.90. The van der Waals surface area contributed by atoms with Gasteiger partial charge in [0, 0.05) is 32.1 Å². The third-order valence-corrected chi connectivity index (χ3v) is 3.08. The summed E-state index contributed by atoms with van der Waals surface area (Å²) in [5, 5.41) is 6.97. The van der Waals surface area contributed by atoms with E-state index in [1.165, 1.54) is 6.33 Å². The predicted molar refractivity (Wildman–Crippen MR) is 69.5 cm³/mol. The second kappa shape index (κ2) is 7.20. The molecule has 7 nitrogen and oxygen atoms in total. The number of nitrogens with zero attached hydrogens (tertiary/aromatic N) is 4. The molecule has 0 radical (unpaired) electrons. The third kappa shape index (κ3) is 4.96. The first-order valence-corrected chi connectivity index (χ1v) is 6.66. The van der Waals surface area contributed by atoms with E-state index in [0.717, 1.165) is 32.8 Å². The van der Waals surface area contributed by atoms with Crippen LogP contribution in [-0.4, -0.2) is 64.5 Å². The van der Waals surface area contributed by atoms with Gasteiger partial charge in [-0.3, -0.25) is 14.4 Å². The van der Waals surface area contributed by atoms with E-state index in [1.807, 2.05) is 6.92 Å². The fourth-order valence-corrected chi connectivity index (χ4v) is 2.13. The van der Waals surface area contributed by atoms with E-state index in [0.29, 0.717) is 13.0 Å². The average molecular weight is 267 g/mol. The van der Waals surface area contributed by atoms with E-state index in [1.54, 1.807) is 11.0 Å². The van der Waals surface area contributed by atoms with Crippen molar-refractivity contribution in [3.63, 3.8) is 0 Å². The van der Waals surface area contributed by atoms with Gasteiger partial charge in [0.2, 0.25) is 5.91 Å². The zero-order valence-electron chi connectivity index (χ0n) is 11.3. The lowest BCUT2D eigenvalue weighted by Gasteiger charge is -2.29. The van der Waals surface area contributed by atoms with Crippen molar-refractivity contribution < 1.29 is 9.53 Å². The van der Waals surface area contributed by atoms with Gasteiger partial charge in [0.1, 0.15) is 12.7 Å². The van der Waals surface area contributed by atoms with E-state index in [4.69, 9.17) is 4.74 Å². The van der Waals surface area contributed by atoms with Gasteiger partial charge in [-0.2, -0.15) is 5.10 Å². The van der Waals surface area contributed by atoms with E-state index in [9.17, 15) is 4.79 Å². The Bertz CT molecular complexity index is 375. The summed E-state index contributed by atoms with van der Waals surface area (Å²) in [4.78, 5) is 17.9. The lowest BCUT2D eigenvalue weighted by molar-refractivity contribution is -0.122. The standard InChI is InChI=1S/C12H21N5O2/c1-11(8-16-4-6-19-7-5-16)15-12(18)2-3-17-10-13-9-14-17/h9-11H,2-8H2,1H3,(H,15,18). The molecule has 1 aliphatic heterocycles. The number of hydrogen-bond donors (Lipinski definition) is 1. The van der Waals surface area contributed by atoms with Crippen molar-refractivity contribution in [2.24, 2.45) is 0 Å². The number of aromatic nitrogens is 3. The Kier molecular flexibility index (Phi) is 5.29. The van der Waals surface area contributed by atoms with Crippen LogP contribution in [0.25, 0.3) is 0 Å². The van der Waals surface area contributed by atoms with Gasteiger partial charge in [-0.25, -0.2) is 4.98 Å². The minimum atomic E-state index is 0.0521. The van der Waals surface area contributed by atoms with Gasteiger partial charge in [0.15, 0.2) is 0 Å². The number of ether oxygens (including phenoxy) is 1. The first kappa shape index (κ1) is 14.0. The number of hydrogen-bond acceptors (Lipinski definition) is 5. The molecule has 1 N–H and O–H groups in total. The molecule has 2 heterocycles. The maximum absolute atomic E-state index is 11.8. The van der Waals surface area contributed by atoms with Crippen molar-refractivity contribution in [1.29, 1.82) is 0 Å². The summed E-state index contributed by atoms with van der Waals surface area (Å²) < 4.78 is 6.96. The summed E-state index contributed by atoms with van der Waals surface area (Å²) in [5.41, 5.74) is 0. The molecule has 0 aromatic carbocycles. The fourth-order valence-electron chi connectivity index (χ4n) is 2.13. The van der Waals surface area contributed by atoms with Crippen LogP contribution >= 0.6 is 0 Å². The van der Waals surface area contributed by atoms with Crippen molar-refractivity contribution in [2.45, 2.75) is 25.9 Å². The van der Waals surface area contributed by atoms with Gasteiger partial charge in [-0.05, 0) is 6.92 Å². The molecule has 1 fully saturated rings. The molecule has 0 bridgehead atoms. The Hall–Kier alpha value is -1.47. The normalized spacial score (nSPS) is 18.2. The Morgan fingerprint density at radius 1 is 1.47 bits per heavy atom. The summed E-state index contributed by atoms with van der Waals surface area (Å²) in [6, 6.07) is 0.154. The van der Waals surface area contributed by atoms with Gasteiger partial charge in [-0.15, -0.1) is 0 Å². The molecule has 1 aliphatic rings. The minimum absolute atomic E-state index is 0.0521. The Labute approximate surface area is 112 Å². The van der Waals surface area contributed by atoms with Gasteiger partial charge in [0.05, 0.1) is 19.8 Å². The molecule has 1 aromatic rings. The summed E-state index contributed by atoms with van der Waals surface area (Å²) in [7, 11) is 0. The van der Waals surface area contributed by atoms with Crippen molar-refractivity contribution in [3.05, 3.63) is 12.7 Å². The van der Waals surface area contributed by atoms with Crippen LogP contribution in [0.5, 0.6) is 0 Å². The van der Waals surface area contributed by atoms with Gasteiger partial charge in [0.25, 0.3) is 0 Å². The first-order chi connectivity index (χ1) is 9.24. The predicted octanol–water partition coefficient (Wildman–Crippen LogP) is -0.495. The van der Waals surface area contributed by atoms with Crippen molar-refractivity contribution >= 4 is 5.91 Å². The Morgan fingerprint density at radius 3 is 2.95 bits per heavy atom. The second-order valence-corrected chi connectivity index (χ2v) is 4.79. The van der Waals surface area contributed by atoms with E-state index >= 15 is 0 Å². The van der Waals surface area contributed by atoms with Crippen LogP contribution in [0.3, 0.4) is 0 Å². The highest BCUT2D eigenvalue weighted by molar-refractivity contribution is 5.76. The molecule has 0 spiro atoms. The third-order valence-electron chi connectivity index (χ3n) is 3.08. The van der Waals surface area contributed by atoms with E-state index in [-0.39, 0.29) is 11.9 Å². The number of aryl methyl sites for hydroxylation is 1. The molecule has 19 heavy (non-hydrogen) atoms. The minimum Gasteiger partial charge on any atom is -0.379 e.